The van der Waals surface area contributed by atoms with Gasteiger partial charge in [0.15, 0.2) is 0 Å². The summed E-state index contributed by atoms with van der Waals surface area (Å²) in [7, 11) is 1.69. The number of nitrogens with one attached hydrogen (secondary N) is 1. The number of nitrogens with zero attached hydrogens (tertiary/aromatic N) is 2. The highest BCUT2D eigenvalue weighted by Gasteiger charge is 2.08. The Bertz CT molecular complexity index is 356. The van der Waals surface area contributed by atoms with Crippen LogP contribution in [0.25, 0.3) is 0 Å². The van der Waals surface area contributed by atoms with Crippen molar-refractivity contribution in [2.24, 2.45) is 0 Å². The van der Waals surface area contributed by atoms with Crippen LogP contribution in [0.3, 0.4) is 0 Å². The molecule has 0 saturated heterocycles. The molecule has 0 amide bonds. The molecular weight excluding hydrogens is 230 g/mol. The lowest BCUT2D eigenvalue weighted by molar-refractivity contribution is 0.170. The molecule has 102 valence electrons. The van der Waals surface area contributed by atoms with Gasteiger partial charge >= 0.3 is 0 Å². The molecule has 1 aromatic rings. The first-order valence-electron chi connectivity index (χ1n) is 6.42. The standard InChI is InChI=1S/C13H23N3O2/c1-5-14-11-9-12(18-8-6-7-17-4)16-13(15-11)10(2)3/h9-10H,5-8H2,1-4H3,(H,14,15,16). The Morgan fingerprint density at radius 3 is 2.67 bits per heavy atom. The average Bonchev–Trinajstić information content (AvgIpc) is 2.35. The molecule has 0 unspecified atom stereocenters. The maximum atomic E-state index is 5.61. The Kier molecular flexibility index (Phi) is 6.43. The maximum Gasteiger partial charge on any atom is 0.218 e. The molecule has 0 aliphatic carbocycles. The first-order valence-corrected chi connectivity index (χ1v) is 6.42. The maximum absolute atomic E-state index is 5.61. The summed E-state index contributed by atoms with van der Waals surface area (Å²) in [5.41, 5.74) is 0. The zero-order chi connectivity index (χ0) is 13.4. The molecule has 0 aliphatic heterocycles. The van der Waals surface area contributed by atoms with Gasteiger partial charge in [0.2, 0.25) is 5.88 Å². The SMILES string of the molecule is CCNc1cc(OCCCOC)nc(C(C)C)n1. The molecule has 1 aromatic heterocycles. The van der Waals surface area contributed by atoms with E-state index in [0.717, 1.165) is 24.6 Å². The van der Waals surface area contributed by atoms with Gasteiger partial charge in [-0.2, -0.15) is 4.98 Å². The lowest BCUT2D eigenvalue weighted by Gasteiger charge is -2.11. The van der Waals surface area contributed by atoms with Crippen LogP contribution in [0, 0.1) is 0 Å². The van der Waals surface area contributed by atoms with Gasteiger partial charge in [0.25, 0.3) is 0 Å². The Hall–Kier alpha value is -1.36. The van der Waals surface area contributed by atoms with E-state index in [0.29, 0.717) is 19.1 Å². The summed E-state index contributed by atoms with van der Waals surface area (Å²) in [4.78, 5) is 8.84. The largest absolute Gasteiger partial charge is 0.477 e. The molecule has 1 heterocycles. The number of rotatable bonds is 8. The van der Waals surface area contributed by atoms with Crippen LogP contribution in [-0.4, -0.2) is 36.8 Å². The molecule has 18 heavy (non-hydrogen) atoms. The van der Waals surface area contributed by atoms with Gasteiger partial charge in [-0.15, -0.1) is 0 Å². The second-order valence-electron chi connectivity index (χ2n) is 4.33. The number of anilines is 1. The quantitative estimate of drug-likeness (QED) is 0.721. The van der Waals surface area contributed by atoms with E-state index in [1.54, 1.807) is 7.11 Å². The van der Waals surface area contributed by atoms with Gasteiger partial charge in [-0.05, 0) is 6.92 Å². The summed E-state index contributed by atoms with van der Waals surface area (Å²) in [5, 5.41) is 3.19. The van der Waals surface area contributed by atoms with Gasteiger partial charge in [0.05, 0.1) is 6.61 Å². The van der Waals surface area contributed by atoms with Crippen molar-refractivity contribution in [2.45, 2.75) is 33.1 Å². The lowest BCUT2D eigenvalue weighted by Crippen LogP contribution is -2.08. The minimum Gasteiger partial charge on any atom is -0.477 e. The van der Waals surface area contributed by atoms with Gasteiger partial charge < -0.3 is 14.8 Å². The first kappa shape index (κ1) is 14.7. The van der Waals surface area contributed by atoms with Crippen LogP contribution in [0.4, 0.5) is 5.82 Å². The van der Waals surface area contributed by atoms with E-state index in [1.807, 2.05) is 13.0 Å². The molecule has 0 spiro atoms. The predicted molar refractivity (Wildman–Crippen MR) is 72.3 cm³/mol. The minimum atomic E-state index is 0.282. The van der Waals surface area contributed by atoms with Gasteiger partial charge in [-0.25, -0.2) is 4.98 Å². The Morgan fingerprint density at radius 2 is 2.06 bits per heavy atom. The third-order valence-electron chi connectivity index (χ3n) is 2.34. The fourth-order valence-electron chi connectivity index (χ4n) is 1.43. The summed E-state index contributed by atoms with van der Waals surface area (Å²) in [5.74, 6) is 2.53. The van der Waals surface area contributed by atoms with Crippen molar-refractivity contribution in [1.29, 1.82) is 0 Å². The number of methoxy groups -OCH3 is 1. The number of hydrogen-bond donors (Lipinski definition) is 1. The Labute approximate surface area is 109 Å². The molecule has 0 saturated carbocycles. The molecular formula is C13H23N3O2. The van der Waals surface area contributed by atoms with Crippen molar-refractivity contribution in [3.63, 3.8) is 0 Å². The third-order valence-corrected chi connectivity index (χ3v) is 2.34. The molecule has 0 radical (unpaired) electrons. The molecule has 0 fully saturated rings. The zero-order valence-electron chi connectivity index (χ0n) is 11.7. The molecule has 0 aromatic carbocycles. The van der Waals surface area contributed by atoms with Gasteiger partial charge in [0, 0.05) is 38.7 Å². The zero-order valence-corrected chi connectivity index (χ0v) is 11.7. The van der Waals surface area contributed by atoms with Crippen LogP contribution in [-0.2, 0) is 4.74 Å². The smallest absolute Gasteiger partial charge is 0.218 e. The van der Waals surface area contributed by atoms with Crippen molar-refractivity contribution in [3.8, 4) is 5.88 Å². The van der Waals surface area contributed by atoms with Gasteiger partial charge in [0.1, 0.15) is 11.6 Å². The van der Waals surface area contributed by atoms with E-state index in [9.17, 15) is 0 Å². The fraction of sp³-hybridized carbons (Fsp3) is 0.692. The Balaban J connectivity index is 2.69. The average molecular weight is 253 g/mol. The molecule has 1 rings (SSSR count). The summed E-state index contributed by atoms with van der Waals surface area (Å²) >= 11 is 0. The molecule has 0 bridgehead atoms. The number of ether oxygens (including phenoxy) is 2. The van der Waals surface area contributed by atoms with Crippen molar-refractivity contribution in [2.75, 3.05) is 32.2 Å². The van der Waals surface area contributed by atoms with Crippen LogP contribution in [0.15, 0.2) is 6.07 Å². The van der Waals surface area contributed by atoms with E-state index < -0.39 is 0 Å². The Morgan fingerprint density at radius 1 is 1.28 bits per heavy atom. The van der Waals surface area contributed by atoms with E-state index in [-0.39, 0.29) is 5.92 Å². The summed E-state index contributed by atoms with van der Waals surface area (Å²) in [6.07, 6.45) is 0.855. The number of aromatic nitrogens is 2. The molecule has 0 atom stereocenters. The fourth-order valence-corrected chi connectivity index (χ4v) is 1.43. The summed E-state index contributed by atoms with van der Waals surface area (Å²) < 4.78 is 10.6. The highest BCUT2D eigenvalue weighted by atomic mass is 16.5. The molecule has 1 N–H and O–H groups in total. The van der Waals surface area contributed by atoms with E-state index in [2.05, 4.69) is 29.1 Å². The third kappa shape index (κ3) is 4.87. The van der Waals surface area contributed by atoms with Crippen molar-refractivity contribution >= 4 is 5.82 Å². The first-order chi connectivity index (χ1) is 8.67. The molecule has 0 aliphatic rings. The van der Waals surface area contributed by atoms with Crippen molar-refractivity contribution < 1.29 is 9.47 Å². The van der Waals surface area contributed by atoms with Crippen LogP contribution in [0.5, 0.6) is 5.88 Å². The highest BCUT2D eigenvalue weighted by Crippen LogP contribution is 2.18. The van der Waals surface area contributed by atoms with Crippen molar-refractivity contribution in [3.05, 3.63) is 11.9 Å². The van der Waals surface area contributed by atoms with Crippen LogP contribution < -0.4 is 10.1 Å². The van der Waals surface area contributed by atoms with Crippen molar-refractivity contribution in [1.82, 2.24) is 9.97 Å². The minimum absolute atomic E-state index is 0.282. The monoisotopic (exact) mass is 253 g/mol. The number of hydrogen-bond acceptors (Lipinski definition) is 5. The summed E-state index contributed by atoms with van der Waals surface area (Å²) in [6, 6.07) is 1.84. The van der Waals surface area contributed by atoms with Crippen LogP contribution in [0.2, 0.25) is 0 Å². The molecule has 5 heteroatoms. The van der Waals surface area contributed by atoms with Gasteiger partial charge in [-0.1, -0.05) is 13.8 Å². The summed E-state index contributed by atoms with van der Waals surface area (Å²) in [6.45, 7) is 8.31. The second-order valence-corrected chi connectivity index (χ2v) is 4.33. The second kappa shape index (κ2) is 7.87. The van der Waals surface area contributed by atoms with Crippen LogP contribution >= 0.6 is 0 Å². The lowest BCUT2D eigenvalue weighted by atomic mass is 10.2. The molecule has 5 nitrogen and oxygen atoms in total. The topological polar surface area (TPSA) is 56.3 Å². The highest BCUT2D eigenvalue weighted by molar-refractivity contribution is 5.38. The van der Waals surface area contributed by atoms with E-state index in [4.69, 9.17) is 9.47 Å². The predicted octanol–water partition coefficient (Wildman–Crippen LogP) is 2.45. The normalized spacial score (nSPS) is 10.7. The van der Waals surface area contributed by atoms with Crippen LogP contribution in [0.1, 0.15) is 38.9 Å². The van der Waals surface area contributed by atoms with E-state index >= 15 is 0 Å². The van der Waals surface area contributed by atoms with E-state index in [1.165, 1.54) is 0 Å². The van der Waals surface area contributed by atoms with Gasteiger partial charge in [-0.3, -0.25) is 0 Å².